The van der Waals surface area contributed by atoms with Gasteiger partial charge in [-0.05, 0) is 36.4 Å². The highest BCUT2D eigenvalue weighted by Crippen LogP contribution is 2.32. The maximum absolute atomic E-state index is 14.1. The average Bonchev–Trinajstić information content (AvgIpc) is 2.65. The van der Waals surface area contributed by atoms with Crippen LogP contribution in [0.4, 0.5) is 28.9 Å². The van der Waals surface area contributed by atoms with Crippen molar-refractivity contribution in [1.29, 1.82) is 0 Å². The summed E-state index contributed by atoms with van der Waals surface area (Å²) >= 11 is 0. The molecule has 0 amide bonds. The quantitative estimate of drug-likeness (QED) is 0.326. The number of pyridine rings is 3. The molecule has 3 aromatic rings. The van der Waals surface area contributed by atoms with E-state index < -0.39 is 17.9 Å². The summed E-state index contributed by atoms with van der Waals surface area (Å²) in [6.45, 7) is 6.32. The molecule has 0 aliphatic carbocycles. The Bertz CT molecular complexity index is 1090. The molecule has 3 aromatic heterocycles. The van der Waals surface area contributed by atoms with Crippen LogP contribution in [-0.4, -0.2) is 21.3 Å². The van der Waals surface area contributed by atoms with Crippen molar-refractivity contribution < 1.29 is 22.3 Å². The van der Waals surface area contributed by atoms with E-state index in [-0.39, 0.29) is 16.9 Å². The van der Waals surface area contributed by atoms with Gasteiger partial charge in [0.25, 0.3) is 0 Å². The Kier molecular flexibility index (Phi) is 5.58. The SMILES string of the molecule is C=C(/C=C(\C(=C)F)c1cc(Nc2ccncc2)c2cccnc2n1)OC(F)(F)F. The van der Waals surface area contributed by atoms with Crippen molar-refractivity contribution in [3.8, 4) is 0 Å². The zero-order valence-corrected chi connectivity index (χ0v) is 14.9. The molecule has 0 aromatic carbocycles. The van der Waals surface area contributed by atoms with E-state index in [0.29, 0.717) is 16.8 Å². The van der Waals surface area contributed by atoms with E-state index in [1.165, 1.54) is 12.3 Å². The molecule has 0 aliphatic heterocycles. The molecule has 0 fully saturated rings. The monoisotopic (exact) mass is 402 g/mol. The summed E-state index contributed by atoms with van der Waals surface area (Å²) in [7, 11) is 0. The van der Waals surface area contributed by atoms with E-state index in [1.807, 2.05) is 0 Å². The van der Waals surface area contributed by atoms with Gasteiger partial charge in [0.1, 0.15) is 11.6 Å². The molecule has 3 heterocycles. The zero-order valence-electron chi connectivity index (χ0n) is 14.9. The summed E-state index contributed by atoms with van der Waals surface area (Å²) in [5.74, 6) is -1.81. The van der Waals surface area contributed by atoms with Crippen LogP contribution in [0.5, 0.6) is 0 Å². The highest BCUT2D eigenvalue weighted by Gasteiger charge is 2.31. The Balaban J connectivity index is 2.10. The molecule has 0 aliphatic rings. The molecule has 0 unspecified atom stereocenters. The predicted molar refractivity (Wildman–Crippen MR) is 102 cm³/mol. The second-order valence-corrected chi connectivity index (χ2v) is 5.77. The maximum Gasteiger partial charge on any atom is 0.573 e. The first-order chi connectivity index (χ1) is 13.7. The minimum absolute atomic E-state index is 0.00665. The van der Waals surface area contributed by atoms with Crippen molar-refractivity contribution in [2.24, 2.45) is 0 Å². The molecule has 148 valence electrons. The minimum atomic E-state index is -4.96. The second kappa shape index (κ2) is 8.09. The molecule has 0 bridgehead atoms. The molecule has 0 atom stereocenters. The molecule has 0 radical (unpaired) electrons. The number of allylic oxidation sites excluding steroid dienone is 3. The summed E-state index contributed by atoms with van der Waals surface area (Å²) in [4.78, 5) is 12.3. The van der Waals surface area contributed by atoms with Gasteiger partial charge < -0.3 is 10.1 Å². The lowest BCUT2D eigenvalue weighted by atomic mass is 10.1. The van der Waals surface area contributed by atoms with Gasteiger partial charge >= 0.3 is 6.36 Å². The molecule has 1 N–H and O–H groups in total. The van der Waals surface area contributed by atoms with Crippen molar-refractivity contribution in [2.45, 2.75) is 6.36 Å². The van der Waals surface area contributed by atoms with Crippen LogP contribution in [0.2, 0.25) is 0 Å². The highest BCUT2D eigenvalue weighted by molar-refractivity contribution is 5.93. The third kappa shape index (κ3) is 5.16. The summed E-state index contributed by atoms with van der Waals surface area (Å²) in [5, 5.41) is 3.77. The van der Waals surface area contributed by atoms with Gasteiger partial charge in [0.2, 0.25) is 0 Å². The van der Waals surface area contributed by atoms with Crippen molar-refractivity contribution in [3.63, 3.8) is 0 Å². The van der Waals surface area contributed by atoms with Gasteiger partial charge in [-0.1, -0.05) is 13.2 Å². The fourth-order valence-electron chi connectivity index (χ4n) is 2.52. The van der Waals surface area contributed by atoms with Crippen LogP contribution in [0.1, 0.15) is 5.69 Å². The molecule has 0 saturated heterocycles. The van der Waals surface area contributed by atoms with E-state index in [1.54, 1.807) is 36.7 Å². The maximum atomic E-state index is 14.1. The van der Waals surface area contributed by atoms with Crippen molar-refractivity contribution in [3.05, 3.63) is 85.4 Å². The third-order valence-corrected chi connectivity index (χ3v) is 3.66. The van der Waals surface area contributed by atoms with Gasteiger partial charge in [0, 0.05) is 35.2 Å². The van der Waals surface area contributed by atoms with Crippen molar-refractivity contribution in [1.82, 2.24) is 15.0 Å². The number of anilines is 2. The van der Waals surface area contributed by atoms with Gasteiger partial charge in [0.15, 0.2) is 5.65 Å². The van der Waals surface area contributed by atoms with Crippen LogP contribution in [0, 0.1) is 0 Å². The van der Waals surface area contributed by atoms with Crippen molar-refractivity contribution >= 4 is 28.0 Å². The number of alkyl halides is 3. The Morgan fingerprint density at radius 3 is 2.48 bits per heavy atom. The molecular formula is C20H14F4N4O. The number of nitrogens with one attached hydrogen (secondary N) is 1. The van der Waals surface area contributed by atoms with E-state index in [4.69, 9.17) is 0 Å². The lowest BCUT2D eigenvalue weighted by Crippen LogP contribution is -2.11. The molecule has 0 saturated carbocycles. The Morgan fingerprint density at radius 2 is 1.83 bits per heavy atom. The van der Waals surface area contributed by atoms with Crippen LogP contribution in [0.15, 0.2) is 79.7 Å². The first-order valence-corrected chi connectivity index (χ1v) is 8.17. The van der Waals surface area contributed by atoms with Crippen LogP contribution in [-0.2, 0) is 4.74 Å². The number of hydrogen-bond donors (Lipinski definition) is 1. The smallest absolute Gasteiger partial charge is 0.406 e. The zero-order chi connectivity index (χ0) is 21.0. The molecule has 29 heavy (non-hydrogen) atoms. The van der Waals surface area contributed by atoms with E-state index in [0.717, 1.165) is 6.08 Å². The fraction of sp³-hybridized carbons (Fsp3) is 0.0500. The standard InChI is InChI=1S/C20H14F4N4O/c1-12(29-20(22,23)24)10-16(13(2)21)18-11-17(27-14-5-8-25-9-6-14)15-4-3-7-26-19(15)28-18/h3-11H,1-2H2,(H,25,26,27,28)/b16-10+. The fourth-order valence-corrected chi connectivity index (χ4v) is 2.52. The molecule has 3 rings (SSSR count). The molecule has 0 spiro atoms. The van der Waals surface area contributed by atoms with E-state index in [9.17, 15) is 17.6 Å². The van der Waals surface area contributed by atoms with Gasteiger partial charge in [-0.3, -0.25) is 4.98 Å². The number of fused-ring (bicyclic) bond motifs is 1. The van der Waals surface area contributed by atoms with Gasteiger partial charge in [-0.2, -0.15) is 0 Å². The minimum Gasteiger partial charge on any atom is -0.406 e. The number of nitrogens with zero attached hydrogens (tertiary/aromatic N) is 3. The lowest BCUT2D eigenvalue weighted by molar-refractivity contribution is -0.303. The number of aromatic nitrogens is 3. The van der Waals surface area contributed by atoms with Crippen LogP contribution in [0.25, 0.3) is 16.6 Å². The number of hydrogen-bond acceptors (Lipinski definition) is 5. The predicted octanol–water partition coefficient (Wildman–Crippen LogP) is 5.69. The van der Waals surface area contributed by atoms with Gasteiger partial charge in [0.05, 0.1) is 11.4 Å². The Hall–Kier alpha value is -3.75. The van der Waals surface area contributed by atoms with Gasteiger partial charge in [-0.15, -0.1) is 13.2 Å². The van der Waals surface area contributed by atoms with Gasteiger partial charge in [-0.25, -0.2) is 14.4 Å². The Labute approximate surface area is 163 Å². The first-order valence-electron chi connectivity index (χ1n) is 8.17. The van der Waals surface area contributed by atoms with Crippen LogP contribution < -0.4 is 5.32 Å². The summed E-state index contributed by atoms with van der Waals surface area (Å²) < 4.78 is 55.0. The van der Waals surface area contributed by atoms with Crippen LogP contribution in [0.3, 0.4) is 0 Å². The number of rotatable bonds is 6. The Morgan fingerprint density at radius 1 is 1.10 bits per heavy atom. The topological polar surface area (TPSA) is 59.9 Å². The van der Waals surface area contributed by atoms with Crippen LogP contribution >= 0.6 is 0 Å². The largest absolute Gasteiger partial charge is 0.573 e. The summed E-state index contributed by atoms with van der Waals surface area (Å²) in [6, 6.07) is 8.35. The number of ether oxygens (including phenoxy) is 1. The first kappa shape index (κ1) is 20.0. The van der Waals surface area contributed by atoms with E-state index >= 15 is 0 Å². The second-order valence-electron chi connectivity index (χ2n) is 5.77. The molecule has 9 heteroatoms. The summed E-state index contributed by atoms with van der Waals surface area (Å²) in [6.07, 6.45) is 0.483. The summed E-state index contributed by atoms with van der Waals surface area (Å²) in [5.41, 5.74) is 1.16. The molecular weight excluding hydrogens is 388 g/mol. The van der Waals surface area contributed by atoms with E-state index in [2.05, 4.69) is 38.2 Å². The average molecular weight is 402 g/mol. The normalized spacial score (nSPS) is 11.9. The molecule has 5 nitrogen and oxygen atoms in total. The van der Waals surface area contributed by atoms with Crippen molar-refractivity contribution in [2.75, 3.05) is 5.32 Å². The lowest BCUT2D eigenvalue weighted by Gasteiger charge is -2.13. The highest BCUT2D eigenvalue weighted by atomic mass is 19.4. The third-order valence-electron chi connectivity index (χ3n) is 3.66. The number of halogens is 4.